The number of carbonyl (C=O) groups excluding carboxylic acids is 1. The molecule has 0 aliphatic carbocycles. The van der Waals surface area contributed by atoms with Gasteiger partial charge in [0.05, 0.1) is 0 Å². The molecule has 21 heavy (non-hydrogen) atoms. The lowest BCUT2D eigenvalue weighted by atomic mass is 10.1. The van der Waals surface area contributed by atoms with Crippen molar-refractivity contribution < 1.29 is 13.6 Å². The van der Waals surface area contributed by atoms with Crippen molar-refractivity contribution in [3.63, 3.8) is 0 Å². The number of anilines is 2. The number of carbonyl (C=O) groups is 1. The topological polar surface area (TPSA) is 55.1 Å². The van der Waals surface area contributed by atoms with Crippen molar-refractivity contribution in [3.8, 4) is 0 Å². The summed E-state index contributed by atoms with van der Waals surface area (Å²) in [6.45, 7) is 1.80. The van der Waals surface area contributed by atoms with Gasteiger partial charge in [0.25, 0.3) is 6.01 Å². The monoisotopic (exact) mass is 284 g/mol. The lowest BCUT2D eigenvalue weighted by Crippen LogP contribution is -1.93. The second kappa shape index (κ2) is 5.36. The Hall–Kier alpha value is -2.69. The molecule has 3 rings (SSSR count). The summed E-state index contributed by atoms with van der Waals surface area (Å²) in [6.07, 6.45) is 1.19. The molecule has 0 unspecified atom stereocenters. The Morgan fingerprint density at radius 2 is 2.14 bits per heavy atom. The zero-order chi connectivity index (χ0) is 14.8. The van der Waals surface area contributed by atoms with Crippen molar-refractivity contribution in [3.05, 3.63) is 53.3 Å². The molecule has 0 saturated carbocycles. The minimum atomic E-state index is -0.283. The molecule has 2 aromatic carbocycles. The molecule has 0 atom stereocenters. The predicted octanol–water partition coefficient (Wildman–Crippen LogP) is 3.76. The number of nitrogens with zero attached hydrogens (tertiary/aromatic N) is 1. The van der Waals surface area contributed by atoms with Gasteiger partial charge in [-0.2, -0.15) is 4.98 Å². The molecular weight excluding hydrogens is 271 g/mol. The molecular formula is C16H13FN2O2. The van der Waals surface area contributed by atoms with Crippen LogP contribution in [0.1, 0.15) is 11.1 Å². The Balaban J connectivity index is 1.92. The van der Waals surface area contributed by atoms with E-state index < -0.39 is 0 Å². The quantitative estimate of drug-likeness (QED) is 0.741. The largest absolute Gasteiger partial charge is 0.423 e. The van der Waals surface area contributed by atoms with E-state index in [0.29, 0.717) is 23.5 Å². The summed E-state index contributed by atoms with van der Waals surface area (Å²) < 4.78 is 18.7. The third kappa shape index (κ3) is 2.76. The highest BCUT2D eigenvalue weighted by molar-refractivity contribution is 5.77. The molecule has 0 aliphatic rings. The molecule has 5 heteroatoms. The normalized spacial score (nSPS) is 10.8. The number of halogens is 1. The second-order valence-electron chi connectivity index (χ2n) is 4.78. The summed E-state index contributed by atoms with van der Waals surface area (Å²) in [5, 5.41) is 3.03. The zero-order valence-electron chi connectivity index (χ0n) is 11.4. The van der Waals surface area contributed by atoms with Crippen molar-refractivity contribution in [1.82, 2.24) is 4.98 Å². The van der Waals surface area contributed by atoms with Gasteiger partial charge in [-0.1, -0.05) is 6.07 Å². The summed E-state index contributed by atoms with van der Waals surface area (Å²) in [5.74, 6) is -0.283. The van der Waals surface area contributed by atoms with Crippen LogP contribution in [-0.4, -0.2) is 11.3 Å². The molecule has 1 heterocycles. The fourth-order valence-corrected chi connectivity index (χ4v) is 2.13. The second-order valence-corrected chi connectivity index (χ2v) is 4.78. The van der Waals surface area contributed by atoms with Gasteiger partial charge in [-0.15, -0.1) is 0 Å². The van der Waals surface area contributed by atoms with Crippen molar-refractivity contribution in [1.29, 1.82) is 0 Å². The van der Waals surface area contributed by atoms with E-state index in [1.807, 2.05) is 6.07 Å². The van der Waals surface area contributed by atoms with Crippen LogP contribution in [0.15, 0.2) is 40.8 Å². The van der Waals surface area contributed by atoms with Crippen LogP contribution in [0.3, 0.4) is 0 Å². The Labute approximate surface area is 120 Å². The molecule has 0 fully saturated rings. The molecule has 0 bridgehead atoms. The number of aldehydes is 1. The molecule has 3 aromatic rings. The Kier molecular flexibility index (Phi) is 3.39. The van der Waals surface area contributed by atoms with Gasteiger partial charge in [-0.25, -0.2) is 4.39 Å². The average Bonchev–Trinajstić information content (AvgIpc) is 2.84. The number of hydrogen-bond acceptors (Lipinski definition) is 4. The first-order valence-corrected chi connectivity index (χ1v) is 6.52. The van der Waals surface area contributed by atoms with Gasteiger partial charge < -0.3 is 14.5 Å². The van der Waals surface area contributed by atoms with Crippen molar-refractivity contribution in [2.75, 3.05) is 5.32 Å². The van der Waals surface area contributed by atoms with Gasteiger partial charge in [0, 0.05) is 12.1 Å². The first-order chi connectivity index (χ1) is 10.2. The van der Waals surface area contributed by atoms with E-state index in [1.165, 1.54) is 12.1 Å². The third-order valence-electron chi connectivity index (χ3n) is 3.20. The van der Waals surface area contributed by atoms with Crippen LogP contribution in [0.4, 0.5) is 16.1 Å². The standard InChI is InChI=1S/C16H13FN2O2/c1-10-8-12(17)3-5-13(10)18-16-19-14-4-2-11(6-7-20)9-15(14)21-16/h2-5,7-9H,6H2,1H3,(H,18,19). The van der Waals surface area contributed by atoms with Crippen LogP contribution in [0, 0.1) is 12.7 Å². The highest BCUT2D eigenvalue weighted by Crippen LogP contribution is 2.25. The van der Waals surface area contributed by atoms with Crippen LogP contribution in [0.2, 0.25) is 0 Å². The van der Waals surface area contributed by atoms with E-state index in [2.05, 4.69) is 10.3 Å². The summed E-state index contributed by atoms with van der Waals surface area (Å²) >= 11 is 0. The first-order valence-electron chi connectivity index (χ1n) is 6.52. The molecule has 0 spiro atoms. The van der Waals surface area contributed by atoms with E-state index >= 15 is 0 Å². The number of hydrogen-bond donors (Lipinski definition) is 1. The average molecular weight is 284 g/mol. The summed E-state index contributed by atoms with van der Waals surface area (Å²) in [6, 6.07) is 10.2. The van der Waals surface area contributed by atoms with Crippen LogP contribution >= 0.6 is 0 Å². The van der Waals surface area contributed by atoms with Gasteiger partial charge in [0.2, 0.25) is 0 Å². The van der Waals surface area contributed by atoms with E-state index in [1.54, 1.807) is 25.1 Å². The van der Waals surface area contributed by atoms with Crippen LogP contribution in [0.25, 0.3) is 11.1 Å². The molecule has 0 saturated heterocycles. The minimum absolute atomic E-state index is 0.283. The van der Waals surface area contributed by atoms with Crippen molar-refractivity contribution >= 4 is 29.1 Å². The highest BCUT2D eigenvalue weighted by atomic mass is 19.1. The summed E-state index contributed by atoms with van der Waals surface area (Å²) in [7, 11) is 0. The number of nitrogens with one attached hydrogen (secondary N) is 1. The highest BCUT2D eigenvalue weighted by Gasteiger charge is 2.08. The summed E-state index contributed by atoms with van der Waals surface area (Å²) in [5.41, 5.74) is 3.68. The molecule has 0 radical (unpaired) electrons. The Morgan fingerprint density at radius 1 is 1.29 bits per heavy atom. The smallest absolute Gasteiger partial charge is 0.300 e. The molecule has 4 nitrogen and oxygen atoms in total. The van der Waals surface area contributed by atoms with E-state index in [4.69, 9.17) is 4.42 Å². The van der Waals surface area contributed by atoms with Gasteiger partial charge in [0.15, 0.2) is 5.58 Å². The molecule has 106 valence electrons. The summed E-state index contributed by atoms with van der Waals surface area (Å²) in [4.78, 5) is 14.8. The fourth-order valence-electron chi connectivity index (χ4n) is 2.13. The lowest BCUT2D eigenvalue weighted by molar-refractivity contribution is -0.107. The van der Waals surface area contributed by atoms with Crippen LogP contribution in [-0.2, 0) is 11.2 Å². The third-order valence-corrected chi connectivity index (χ3v) is 3.20. The van der Waals surface area contributed by atoms with E-state index in [-0.39, 0.29) is 5.82 Å². The van der Waals surface area contributed by atoms with Crippen molar-refractivity contribution in [2.45, 2.75) is 13.3 Å². The maximum absolute atomic E-state index is 13.1. The SMILES string of the molecule is Cc1cc(F)ccc1Nc1nc2ccc(CC=O)cc2o1. The number of aryl methyl sites for hydroxylation is 1. The zero-order valence-corrected chi connectivity index (χ0v) is 11.4. The molecule has 0 amide bonds. The molecule has 1 aromatic heterocycles. The van der Waals surface area contributed by atoms with Gasteiger partial charge >= 0.3 is 0 Å². The Bertz CT molecular complexity index is 811. The van der Waals surface area contributed by atoms with Crippen LogP contribution < -0.4 is 5.32 Å². The number of benzene rings is 2. The Morgan fingerprint density at radius 3 is 2.90 bits per heavy atom. The van der Waals surface area contributed by atoms with Gasteiger partial charge in [0.1, 0.15) is 17.6 Å². The lowest BCUT2D eigenvalue weighted by Gasteiger charge is -2.05. The van der Waals surface area contributed by atoms with Crippen molar-refractivity contribution in [2.24, 2.45) is 0 Å². The first kappa shape index (κ1) is 13.3. The number of fused-ring (bicyclic) bond motifs is 1. The van der Waals surface area contributed by atoms with Crippen LogP contribution in [0.5, 0.6) is 0 Å². The maximum Gasteiger partial charge on any atom is 0.300 e. The fraction of sp³-hybridized carbons (Fsp3) is 0.125. The maximum atomic E-state index is 13.1. The van der Waals surface area contributed by atoms with E-state index in [0.717, 1.165) is 23.1 Å². The van der Waals surface area contributed by atoms with Gasteiger partial charge in [-0.05, 0) is 48.4 Å². The van der Waals surface area contributed by atoms with Gasteiger partial charge in [-0.3, -0.25) is 0 Å². The predicted molar refractivity (Wildman–Crippen MR) is 78.2 cm³/mol. The number of rotatable bonds is 4. The number of aromatic nitrogens is 1. The van der Waals surface area contributed by atoms with E-state index in [9.17, 15) is 9.18 Å². The number of oxazole rings is 1. The minimum Gasteiger partial charge on any atom is -0.423 e. The molecule has 0 aliphatic heterocycles. The molecule has 1 N–H and O–H groups in total.